The van der Waals surface area contributed by atoms with Crippen LogP contribution in [0.3, 0.4) is 0 Å². The van der Waals surface area contributed by atoms with Crippen LogP contribution < -0.4 is 10.2 Å². The molecule has 6 heteroatoms. The summed E-state index contributed by atoms with van der Waals surface area (Å²) in [6.45, 7) is 3.58. The largest absolute Gasteiger partial charge is 0.458 e. The molecule has 1 aliphatic carbocycles. The lowest BCUT2D eigenvalue weighted by Crippen LogP contribution is -2.34. The minimum atomic E-state index is -0.592. The predicted octanol–water partition coefficient (Wildman–Crippen LogP) is 3.95. The molecular weight excluding hydrogens is 368 g/mol. The molecule has 2 heterocycles. The average molecular weight is 387 g/mol. The van der Waals surface area contributed by atoms with E-state index in [9.17, 15) is 14.7 Å². The standard InChI is InChI=1S/C21H19ClO5/c1-21(2)8-15(25)18-16(9-21)27-19-14(24)7-13(10-23)26-20(19)17(18)11-4-3-5-12(22)6-11/h3-7,17,23H,8-10H2,1-2H3. The van der Waals surface area contributed by atoms with Gasteiger partial charge in [-0.3, -0.25) is 9.59 Å². The first-order valence-corrected chi connectivity index (χ1v) is 9.14. The van der Waals surface area contributed by atoms with Crippen LogP contribution in [0.15, 0.2) is 50.9 Å². The van der Waals surface area contributed by atoms with Gasteiger partial charge in [0.1, 0.15) is 18.1 Å². The third kappa shape index (κ3) is 3.11. The van der Waals surface area contributed by atoms with E-state index in [0.29, 0.717) is 29.2 Å². The van der Waals surface area contributed by atoms with Crippen LogP contribution in [0.1, 0.15) is 49.7 Å². The third-order valence-corrected chi connectivity index (χ3v) is 5.21. The van der Waals surface area contributed by atoms with Gasteiger partial charge in [-0.25, -0.2) is 0 Å². The zero-order valence-electron chi connectivity index (χ0n) is 15.0. The highest BCUT2D eigenvalue weighted by Crippen LogP contribution is 2.49. The summed E-state index contributed by atoms with van der Waals surface area (Å²) in [6.07, 6.45) is 0.928. The van der Waals surface area contributed by atoms with Gasteiger partial charge in [0.15, 0.2) is 11.5 Å². The first-order valence-electron chi connectivity index (χ1n) is 8.76. The smallest absolute Gasteiger partial charge is 0.228 e. The molecule has 1 aromatic carbocycles. The number of rotatable bonds is 2. The molecule has 0 spiro atoms. The number of fused-ring (bicyclic) bond motifs is 1. The number of allylic oxidation sites excluding steroid dienone is 2. The van der Waals surface area contributed by atoms with Crippen molar-refractivity contribution in [3.8, 4) is 5.75 Å². The fourth-order valence-corrected chi connectivity index (χ4v) is 4.07. The van der Waals surface area contributed by atoms with Crippen LogP contribution in [-0.2, 0) is 11.4 Å². The molecule has 27 heavy (non-hydrogen) atoms. The number of aliphatic hydroxyl groups is 1. The molecule has 1 aliphatic heterocycles. The zero-order chi connectivity index (χ0) is 19.3. The van der Waals surface area contributed by atoms with Crippen molar-refractivity contribution in [2.45, 2.75) is 39.2 Å². The normalized spacial score (nSPS) is 20.7. The lowest BCUT2D eigenvalue weighted by Gasteiger charge is -2.37. The van der Waals surface area contributed by atoms with Gasteiger partial charge >= 0.3 is 0 Å². The van der Waals surface area contributed by atoms with Gasteiger partial charge < -0.3 is 14.3 Å². The Hall–Kier alpha value is -2.37. The predicted molar refractivity (Wildman–Crippen MR) is 99.9 cm³/mol. The van der Waals surface area contributed by atoms with E-state index < -0.39 is 12.5 Å². The number of ketones is 1. The second kappa shape index (κ2) is 6.36. The topological polar surface area (TPSA) is 76.7 Å². The van der Waals surface area contributed by atoms with E-state index in [2.05, 4.69) is 0 Å². The number of hydrogen-bond donors (Lipinski definition) is 1. The maximum atomic E-state index is 13.0. The molecule has 0 saturated carbocycles. The molecule has 0 saturated heterocycles. The summed E-state index contributed by atoms with van der Waals surface area (Å²) in [5, 5.41) is 9.96. The molecule has 1 atom stereocenters. The zero-order valence-corrected chi connectivity index (χ0v) is 15.8. The number of carbonyl (C=O) groups is 1. The molecule has 140 valence electrons. The Bertz CT molecular complexity index is 1030. The summed E-state index contributed by atoms with van der Waals surface area (Å²) in [5.74, 6) is 0.320. The molecule has 1 N–H and O–H groups in total. The molecule has 4 rings (SSSR count). The highest BCUT2D eigenvalue weighted by Gasteiger charge is 2.44. The van der Waals surface area contributed by atoms with Gasteiger partial charge in [0.05, 0.1) is 5.92 Å². The average Bonchev–Trinajstić information content (AvgIpc) is 2.59. The second-order valence-corrected chi connectivity index (χ2v) is 8.23. The van der Waals surface area contributed by atoms with Crippen LogP contribution >= 0.6 is 11.6 Å². The number of Topliss-reactive ketones (excluding diaryl/α,β-unsaturated/α-hetero) is 1. The molecule has 1 aromatic heterocycles. The third-order valence-electron chi connectivity index (χ3n) is 4.97. The van der Waals surface area contributed by atoms with Gasteiger partial charge in [-0.1, -0.05) is 37.6 Å². The summed E-state index contributed by atoms with van der Waals surface area (Å²) in [5.41, 5.74) is 0.611. The van der Waals surface area contributed by atoms with Crippen molar-refractivity contribution in [1.82, 2.24) is 0 Å². The Morgan fingerprint density at radius 3 is 2.70 bits per heavy atom. The van der Waals surface area contributed by atoms with Crippen LogP contribution in [0.4, 0.5) is 0 Å². The fourth-order valence-electron chi connectivity index (χ4n) is 3.87. The summed E-state index contributed by atoms with van der Waals surface area (Å²) in [6, 6.07) is 8.35. The molecule has 0 radical (unpaired) electrons. The van der Waals surface area contributed by atoms with Gasteiger partial charge in [0.25, 0.3) is 0 Å². The monoisotopic (exact) mass is 386 g/mol. The SMILES string of the molecule is CC1(C)CC(=O)C2=C(C1)Oc1c(oc(CO)cc1=O)C2c1cccc(Cl)c1. The quantitative estimate of drug-likeness (QED) is 0.845. The van der Waals surface area contributed by atoms with Crippen molar-refractivity contribution in [3.05, 3.63) is 74.0 Å². The number of carbonyl (C=O) groups excluding carboxylic acids is 1. The Balaban J connectivity index is 2.00. The van der Waals surface area contributed by atoms with E-state index in [0.717, 1.165) is 5.56 Å². The minimum absolute atomic E-state index is 0.0334. The van der Waals surface area contributed by atoms with E-state index in [1.54, 1.807) is 18.2 Å². The highest BCUT2D eigenvalue weighted by molar-refractivity contribution is 6.30. The van der Waals surface area contributed by atoms with Gasteiger partial charge in [0.2, 0.25) is 11.2 Å². The van der Waals surface area contributed by atoms with Crippen molar-refractivity contribution in [1.29, 1.82) is 0 Å². The van der Waals surface area contributed by atoms with Crippen LogP contribution in [0, 0.1) is 5.41 Å². The lowest BCUT2D eigenvalue weighted by atomic mass is 9.71. The van der Waals surface area contributed by atoms with Crippen LogP contribution in [0.2, 0.25) is 5.02 Å². The molecule has 1 unspecified atom stereocenters. The summed E-state index contributed by atoms with van der Waals surface area (Å²) in [4.78, 5) is 25.6. The van der Waals surface area contributed by atoms with Crippen molar-refractivity contribution in [2.24, 2.45) is 5.41 Å². The number of aliphatic hydroxyl groups excluding tert-OH is 1. The molecule has 5 nitrogen and oxygen atoms in total. The Labute approximate surface area is 161 Å². The Morgan fingerprint density at radius 1 is 1.22 bits per heavy atom. The maximum absolute atomic E-state index is 13.0. The number of benzene rings is 1. The molecule has 0 amide bonds. The van der Waals surface area contributed by atoms with Crippen molar-refractivity contribution in [2.75, 3.05) is 0 Å². The van der Waals surface area contributed by atoms with Crippen LogP contribution in [0.5, 0.6) is 5.75 Å². The maximum Gasteiger partial charge on any atom is 0.228 e. The molecule has 2 aliphatic rings. The summed E-state index contributed by atoms with van der Waals surface area (Å²) >= 11 is 6.17. The van der Waals surface area contributed by atoms with Crippen molar-refractivity contribution >= 4 is 17.4 Å². The molecular formula is C21H19ClO5. The Kier molecular flexibility index (Phi) is 4.24. The van der Waals surface area contributed by atoms with Gasteiger partial charge in [0, 0.05) is 29.5 Å². The molecule has 0 fully saturated rings. The summed E-state index contributed by atoms with van der Waals surface area (Å²) < 4.78 is 11.7. The van der Waals surface area contributed by atoms with Crippen molar-refractivity contribution < 1.29 is 19.1 Å². The van der Waals surface area contributed by atoms with Crippen LogP contribution in [-0.4, -0.2) is 10.9 Å². The number of hydrogen-bond acceptors (Lipinski definition) is 5. The number of halogens is 1. The summed E-state index contributed by atoms with van der Waals surface area (Å²) in [7, 11) is 0. The van der Waals surface area contributed by atoms with E-state index in [-0.39, 0.29) is 33.9 Å². The number of ether oxygens (including phenoxy) is 1. The van der Waals surface area contributed by atoms with Gasteiger partial charge in [-0.2, -0.15) is 0 Å². The van der Waals surface area contributed by atoms with E-state index in [1.807, 2.05) is 19.9 Å². The highest BCUT2D eigenvalue weighted by atomic mass is 35.5. The first kappa shape index (κ1) is 18.0. The second-order valence-electron chi connectivity index (χ2n) is 7.80. The lowest BCUT2D eigenvalue weighted by molar-refractivity contribution is -0.118. The Morgan fingerprint density at radius 2 is 2.00 bits per heavy atom. The van der Waals surface area contributed by atoms with Crippen molar-refractivity contribution in [3.63, 3.8) is 0 Å². The first-order chi connectivity index (χ1) is 12.8. The molecule has 2 aromatic rings. The van der Waals surface area contributed by atoms with Gasteiger partial charge in [-0.15, -0.1) is 0 Å². The minimum Gasteiger partial charge on any atom is -0.458 e. The van der Waals surface area contributed by atoms with E-state index >= 15 is 0 Å². The van der Waals surface area contributed by atoms with Gasteiger partial charge in [-0.05, 0) is 23.1 Å². The van der Waals surface area contributed by atoms with E-state index in [4.69, 9.17) is 20.8 Å². The van der Waals surface area contributed by atoms with E-state index in [1.165, 1.54) is 6.07 Å². The fraction of sp³-hybridized carbons (Fsp3) is 0.333. The van der Waals surface area contributed by atoms with Crippen LogP contribution in [0.25, 0.3) is 0 Å². The molecule has 0 bridgehead atoms.